The number of benzene rings is 2. The molecule has 0 saturated carbocycles. The summed E-state index contributed by atoms with van der Waals surface area (Å²) < 4.78 is 25.8. The molecule has 2 aromatic carbocycles. The number of hydrogen-bond donors (Lipinski definition) is 1. The minimum absolute atomic E-state index is 0.129. The maximum atomic E-state index is 12.9. The Hall–Kier alpha value is -3.87. The summed E-state index contributed by atoms with van der Waals surface area (Å²) in [5.74, 6) is 1.04. The Morgan fingerprint density at radius 2 is 1.87 bits per heavy atom. The Balaban J connectivity index is 1.40. The number of ether oxygens (including phenoxy) is 1. The van der Waals surface area contributed by atoms with Crippen LogP contribution in [-0.2, 0) is 13.2 Å². The van der Waals surface area contributed by atoms with Crippen molar-refractivity contribution < 1.29 is 18.3 Å². The number of halogens is 1. The molecule has 1 N–H and O–H groups in total. The molecule has 0 radical (unpaired) electrons. The first-order valence-electron chi connectivity index (χ1n) is 9.43. The zero-order valence-electron chi connectivity index (χ0n) is 16.3. The van der Waals surface area contributed by atoms with Crippen molar-refractivity contribution in [2.45, 2.75) is 20.1 Å². The van der Waals surface area contributed by atoms with Crippen molar-refractivity contribution >= 4 is 11.7 Å². The molecule has 0 atom stereocenters. The van der Waals surface area contributed by atoms with E-state index in [0.29, 0.717) is 23.9 Å². The molecule has 2 heterocycles. The maximum Gasteiger partial charge on any atom is 0.292 e. The number of nitrogens with one attached hydrogen (secondary N) is 1. The Labute approximate surface area is 172 Å². The summed E-state index contributed by atoms with van der Waals surface area (Å²) in [6.45, 7) is 2.54. The monoisotopic (exact) mass is 405 g/mol. The van der Waals surface area contributed by atoms with E-state index in [1.807, 2.05) is 43.3 Å². The SMILES string of the molecule is Cc1cc(NC(=O)c2ccc(COc3ccc(F)cc3)o2)n(Cc2ccccc2)n1. The van der Waals surface area contributed by atoms with Crippen LogP contribution in [0.15, 0.2) is 77.2 Å². The minimum atomic E-state index is -0.378. The van der Waals surface area contributed by atoms with Crippen molar-refractivity contribution in [2.24, 2.45) is 0 Å². The fourth-order valence-electron chi connectivity index (χ4n) is 2.96. The molecule has 0 spiro atoms. The van der Waals surface area contributed by atoms with Gasteiger partial charge in [-0.15, -0.1) is 0 Å². The lowest BCUT2D eigenvalue weighted by Crippen LogP contribution is -2.15. The lowest BCUT2D eigenvalue weighted by Gasteiger charge is -2.08. The molecule has 1 amide bonds. The van der Waals surface area contributed by atoms with E-state index in [-0.39, 0.29) is 24.1 Å². The van der Waals surface area contributed by atoms with Crippen LogP contribution in [0.4, 0.5) is 10.2 Å². The lowest BCUT2D eigenvalue weighted by atomic mass is 10.2. The van der Waals surface area contributed by atoms with Crippen LogP contribution in [0.1, 0.15) is 27.6 Å². The molecular weight excluding hydrogens is 385 g/mol. The summed E-state index contributed by atoms with van der Waals surface area (Å²) in [5, 5.41) is 7.30. The fraction of sp³-hybridized carbons (Fsp3) is 0.130. The summed E-state index contributed by atoms with van der Waals surface area (Å²) in [6, 6.07) is 20.6. The number of carbonyl (C=O) groups is 1. The molecule has 152 valence electrons. The van der Waals surface area contributed by atoms with Crippen molar-refractivity contribution in [3.8, 4) is 5.75 Å². The highest BCUT2D eigenvalue weighted by molar-refractivity contribution is 6.01. The molecule has 7 heteroatoms. The molecule has 2 aromatic heterocycles. The molecule has 0 bridgehead atoms. The number of anilines is 1. The highest BCUT2D eigenvalue weighted by Gasteiger charge is 2.15. The van der Waals surface area contributed by atoms with Gasteiger partial charge in [0.25, 0.3) is 5.91 Å². The zero-order valence-corrected chi connectivity index (χ0v) is 16.3. The Morgan fingerprint density at radius 3 is 2.63 bits per heavy atom. The predicted octanol–water partition coefficient (Wildman–Crippen LogP) is 4.80. The maximum absolute atomic E-state index is 12.9. The number of amides is 1. The van der Waals surface area contributed by atoms with Gasteiger partial charge in [-0.1, -0.05) is 30.3 Å². The van der Waals surface area contributed by atoms with E-state index in [0.717, 1.165) is 11.3 Å². The average molecular weight is 405 g/mol. The van der Waals surface area contributed by atoms with Gasteiger partial charge in [0.2, 0.25) is 0 Å². The van der Waals surface area contributed by atoms with Gasteiger partial charge >= 0.3 is 0 Å². The largest absolute Gasteiger partial charge is 0.486 e. The molecule has 4 aromatic rings. The summed E-state index contributed by atoms with van der Waals surface area (Å²) in [4.78, 5) is 12.6. The molecule has 6 nitrogen and oxygen atoms in total. The topological polar surface area (TPSA) is 69.3 Å². The third-order valence-corrected chi connectivity index (χ3v) is 4.40. The van der Waals surface area contributed by atoms with Gasteiger partial charge in [-0.3, -0.25) is 4.79 Å². The van der Waals surface area contributed by atoms with Crippen LogP contribution < -0.4 is 10.1 Å². The van der Waals surface area contributed by atoms with Crippen LogP contribution in [0, 0.1) is 12.7 Å². The third-order valence-electron chi connectivity index (χ3n) is 4.40. The Morgan fingerprint density at radius 1 is 1.10 bits per heavy atom. The van der Waals surface area contributed by atoms with Gasteiger partial charge in [-0.05, 0) is 48.9 Å². The number of hydrogen-bond acceptors (Lipinski definition) is 4. The highest BCUT2D eigenvalue weighted by Crippen LogP contribution is 2.18. The minimum Gasteiger partial charge on any atom is -0.486 e. The van der Waals surface area contributed by atoms with E-state index < -0.39 is 0 Å². The number of aromatic nitrogens is 2. The number of furan rings is 1. The third kappa shape index (κ3) is 4.75. The smallest absolute Gasteiger partial charge is 0.292 e. The molecule has 0 saturated heterocycles. The van der Waals surface area contributed by atoms with Crippen LogP contribution in [0.25, 0.3) is 0 Å². The molecule has 0 unspecified atom stereocenters. The number of aryl methyl sites for hydroxylation is 1. The molecule has 30 heavy (non-hydrogen) atoms. The Bertz CT molecular complexity index is 1130. The standard InChI is InChI=1S/C23H20FN3O3/c1-16-13-22(27(26-16)14-17-5-3-2-4-6-17)25-23(28)21-12-11-20(30-21)15-29-19-9-7-18(24)8-10-19/h2-13H,14-15H2,1H3,(H,25,28). The van der Waals surface area contributed by atoms with Crippen LogP contribution in [-0.4, -0.2) is 15.7 Å². The van der Waals surface area contributed by atoms with E-state index >= 15 is 0 Å². The zero-order chi connectivity index (χ0) is 20.9. The first-order chi connectivity index (χ1) is 14.6. The molecule has 0 aliphatic carbocycles. The van der Waals surface area contributed by atoms with Gasteiger partial charge in [0.1, 0.15) is 29.8 Å². The second-order valence-electron chi connectivity index (χ2n) is 6.78. The highest BCUT2D eigenvalue weighted by atomic mass is 19.1. The summed E-state index contributed by atoms with van der Waals surface area (Å²) in [6.07, 6.45) is 0. The van der Waals surface area contributed by atoms with Crippen molar-refractivity contribution in [1.29, 1.82) is 0 Å². The first-order valence-corrected chi connectivity index (χ1v) is 9.43. The van der Waals surface area contributed by atoms with Gasteiger partial charge in [0, 0.05) is 6.07 Å². The molecular formula is C23H20FN3O3. The summed E-state index contributed by atoms with van der Waals surface area (Å²) in [7, 11) is 0. The van der Waals surface area contributed by atoms with Crippen LogP contribution in [0.3, 0.4) is 0 Å². The number of carbonyl (C=O) groups excluding carboxylic acids is 1. The summed E-state index contributed by atoms with van der Waals surface area (Å²) >= 11 is 0. The molecule has 0 aliphatic heterocycles. The van der Waals surface area contributed by atoms with E-state index in [1.165, 1.54) is 24.3 Å². The number of rotatable bonds is 7. The molecule has 0 fully saturated rings. The van der Waals surface area contributed by atoms with Gasteiger partial charge in [-0.25, -0.2) is 9.07 Å². The summed E-state index contributed by atoms with van der Waals surface area (Å²) in [5.41, 5.74) is 1.88. The second-order valence-corrected chi connectivity index (χ2v) is 6.78. The normalized spacial score (nSPS) is 10.7. The quantitative estimate of drug-likeness (QED) is 0.479. The number of nitrogens with zero attached hydrogens (tertiary/aromatic N) is 2. The van der Waals surface area contributed by atoms with Crippen molar-refractivity contribution in [1.82, 2.24) is 9.78 Å². The van der Waals surface area contributed by atoms with Crippen LogP contribution >= 0.6 is 0 Å². The van der Waals surface area contributed by atoms with Gasteiger partial charge in [0.15, 0.2) is 5.76 Å². The van der Waals surface area contributed by atoms with Crippen molar-refractivity contribution in [2.75, 3.05) is 5.32 Å². The lowest BCUT2D eigenvalue weighted by molar-refractivity contribution is 0.0991. The van der Waals surface area contributed by atoms with E-state index in [9.17, 15) is 9.18 Å². The van der Waals surface area contributed by atoms with Crippen molar-refractivity contribution in [3.05, 3.63) is 101 Å². The second kappa shape index (κ2) is 8.65. The fourth-order valence-corrected chi connectivity index (χ4v) is 2.96. The van der Waals surface area contributed by atoms with Gasteiger partial charge in [-0.2, -0.15) is 5.10 Å². The van der Waals surface area contributed by atoms with Crippen molar-refractivity contribution in [3.63, 3.8) is 0 Å². The van der Waals surface area contributed by atoms with E-state index in [4.69, 9.17) is 9.15 Å². The first kappa shape index (κ1) is 19.4. The average Bonchev–Trinajstić information content (AvgIpc) is 3.35. The predicted molar refractivity (Wildman–Crippen MR) is 110 cm³/mol. The van der Waals surface area contributed by atoms with Gasteiger partial charge < -0.3 is 14.5 Å². The van der Waals surface area contributed by atoms with Crippen LogP contribution in [0.2, 0.25) is 0 Å². The molecule has 4 rings (SSSR count). The van der Waals surface area contributed by atoms with Gasteiger partial charge in [0.05, 0.1) is 12.2 Å². The van der Waals surface area contributed by atoms with Crippen LogP contribution in [0.5, 0.6) is 5.75 Å². The Kier molecular flexibility index (Phi) is 5.61. The van der Waals surface area contributed by atoms with E-state index in [1.54, 1.807) is 16.8 Å². The molecule has 0 aliphatic rings. The van der Waals surface area contributed by atoms with E-state index in [2.05, 4.69) is 10.4 Å².